The predicted molar refractivity (Wildman–Crippen MR) is 79.3 cm³/mol. The summed E-state index contributed by atoms with van der Waals surface area (Å²) in [7, 11) is 2.99. The van der Waals surface area contributed by atoms with E-state index in [4.69, 9.17) is 15.2 Å². The van der Waals surface area contributed by atoms with Crippen LogP contribution < -0.4 is 15.2 Å². The van der Waals surface area contributed by atoms with E-state index in [2.05, 4.69) is 0 Å². The Balaban J connectivity index is 2.46. The van der Waals surface area contributed by atoms with Crippen LogP contribution in [0.3, 0.4) is 0 Å². The molecule has 0 radical (unpaired) electrons. The minimum absolute atomic E-state index is 0.361. The summed E-state index contributed by atoms with van der Waals surface area (Å²) in [6, 6.07) is 4.40. The van der Waals surface area contributed by atoms with Gasteiger partial charge in [0.25, 0.3) is 0 Å². The molecule has 0 fully saturated rings. The minimum Gasteiger partial charge on any atom is -0.493 e. The van der Waals surface area contributed by atoms with Crippen molar-refractivity contribution < 1.29 is 13.9 Å². The zero-order valence-electron chi connectivity index (χ0n) is 12.0. The van der Waals surface area contributed by atoms with Crippen molar-refractivity contribution in [1.29, 1.82) is 0 Å². The number of methoxy groups -OCH3 is 2. The summed E-state index contributed by atoms with van der Waals surface area (Å²) in [5.41, 5.74) is 7.76. The first kappa shape index (κ1) is 14.8. The fraction of sp³-hybridized carbons (Fsp3) is 0.333. The second-order valence-corrected chi connectivity index (χ2v) is 5.88. The van der Waals surface area contributed by atoms with Crippen LogP contribution in [-0.4, -0.2) is 14.2 Å². The second-order valence-electron chi connectivity index (χ2n) is 4.59. The zero-order valence-corrected chi connectivity index (χ0v) is 12.8. The molecule has 2 N–H and O–H groups in total. The van der Waals surface area contributed by atoms with Crippen LogP contribution in [0.2, 0.25) is 0 Å². The van der Waals surface area contributed by atoms with Gasteiger partial charge in [-0.2, -0.15) is 0 Å². The van der Waals surface area contributed by atoms with Crippen LogP contribution in [0.1, 0.15) is 26.9 Å². The van der Waals surface area contributed by atoms with Gasteiger partial charge in [0, 0.05) is 21.4 Å². The number of nitrogens with two attached hydrogens (primary N) is 1. The van der Waals surface area contributed by atoms with Crippen LogP contribution in [0.15, 0.2) is 18.2 Å². The molecule has 0 bridgehead atoms. The fourth-order valence-corrected chi connectivity index (χ4v) is 3.08. The van der Waals surface area contributed by atoms with Crippen molar-refractivity contribution in [3.05, 3.63) is 44.9 Å². The van der Waals surface area contributed by atoms with Gasteiger partial charge in [-0.1, -0.05) is 0 Å². The number of thiophene rings is 1. The van der Waals surface area contributed by atoms with Gasteiger partial charge in [-0.15, -0.1) is 11.3 Å². The van der Waals surface area contributed by atoms with Crippen molar-refractivity contribution in [1.82, 2.24) is 0 Å². The predicted octanol–water partition coefficient (Wildman–Crippen LogP) is 3.57. The first-order chi connectivity index (χ1) is 9.47. The Hall–Kier alpha value is -1.59. The molecule has 0 amide bonds. The Kier molecular flexibility index (Phi) is 4.30. The molecule has 2 aromatic rings. The van der Waals surface area contributed by atoms with Gasteiger partial charge in [0.15, 0.2) is 11.5 Å². The molecule has 3 nitrogen and oxygen atoms in total. The maximum atomic E-state index is 14.2. The molecular weight excluding hydrogens is 277 g/mol. The first-order valence-electron chi connectivity index (χ1n) is 6.21. The zero-order chi connectivity index (χ0) is 14.9. The summed E-state index contributed by atoms with van der Waals surface area (Å²) in [4.78, 5) is 2.13. The van der Waals surface area contributed by atoms with Crippen molar-refractivity contribution in [2.24, 2.45) is 5.73 Å². The van der Waals surface area contributed by atoms with E-state index in [1.165, 1.54) is 30.7 Å². The van der Waals surface area contributed by atoms with Crippen molar-refractivity contribution in [2.75, 3.05) is 14.2 Å². The molecule has 1 aromatic heterocycles. The monoisotopic (exact) mass is 295 g/mol. The van der Waals surface area contributed by atoms with Crippen molar-refractivity contribution in [3.63, 3.8) is 0 Å². The third kappa shape index (κ3) is 2.64. The lowest BCUT2D eigenvalue weighted by Crippen LogP contribution is -2.12. The molecule has 0 aliphatic rings. The summed E-state index contributed by atoms with van der Waals surface area (Å²) < 4.78 is 24.5. The van der Waals surface area contributed by atoms with Gasteiger partial charge in [0.05, 0.1) is 20.3 Å². The van der Waals surface area contributed by atoms with Gasteiger partial charge in [-0.05, 0) is 31.5 Å². The van der Waals surface area contributed by atoms with Gasteiger partial charge in [0.2, 0.25) is 0 Å². The Morgan fingerprint density at radius 2 is 1.70 bits per heavy atom. The third-order valence-corrected chi connectivity index (χ3v) is 4.57. The van der Waals surface area contributed by atoms with E-state index >= 15 is 0 Å². The normalized spacial score (nSPS) is 12.3. The van der Waals surface area contributed by atoms with E-state index in [0.29, 0.717) is 17.1 Å². The number of benzene rings is 1. The summed E-state index contributed by atoms with van der Waals surface area (Å²) in [6.07, 6.45) is 0. The quantitative estimate of drug-likeness (QED) is 0.938. The van der Waals surface area contributed by atoms with Crippen LogP contribution in [0.25, 0.3) is 0 Å². The maximum absolute atomic E-state index is 14.2. The standard InChI is InChI=1S/C15H18FNO2S/c1-8-5-14(20-9(8)2)15(17)10-6-12(18-3)13(19-4)7-11(10)16/h5-7,15H,17H2,1-4H3. The minimum atomic E-state index is -0.507. The smallest absolute Gasteiger partial charge is 0.163 e. The summed E-state index contributed by atoms with van der Waals surface area (Å²) in [6.45, 7) is 4.05. The molecule has 1 unspecified atom stereocenters. The summed E-state index contributed by atoms with van der Waals surface area (Å²) in [5, 5.41) is 0. The van der Waals surface area contributed by atoms with Crippen LogP contribution in [0, 0.1) is 19.7 Å². The molecule has 20 heavy (non-hydrogen) atoms. The van der Waals surface area contributed by atoms with E-state index in [1.807, 2.05) is 19.9 Å². The lowest BCUT2D eigenvalue weighted by atomic mass is 10.0. The number of halogens is 1. The van der Waals surface area contributed by atoms with Crippen LogP contribution in [-0.2, 0) is 0 Å². The van der Waals surface area contributed by atoms with Gasteiger partial charge in [0.1, 0.15) is 5.82 Å². The Morgan fingerprint density at radius 1 is 1.10 bits per heavy atom. The lowest BCUT2D eigenvalue weighted by molar-refractivity contribution is 0.351. The average molecular weight is 295 g/mol. The fourth-order valence-electron chi connectivity index (χ4n) is 2.02. The van der Waals surface area contributed by atoms with E-state index in [9.17, 15) is 4.39 Å². The Bertz CT molecular complexity index is 605. The number of hydrogen-bond acceptors (Lipinski definition) is 4. The van der Waals surface area contributed by atoms with Crippen molar-refractivity contribution >= 4 is 11.3 Å². The maximum Gasteiger partial charge on any atom is 0.163 e. The topological polar surface area (TPSA) is 44.5 Å². The molecule has 5 heteroatoms. The Morgan fingerprint density at radius 3 is 2.20 bits per heavy atom. The molecule has 1 heterocycles. The summed E-state index contributed by atoms with van der Waals surface area (Å²) >= 11 is 1.59. The summed E-state index contributed by atoms with van der Waals surface area (Å²) in [5.74, 6) is 0.447. The molecule has 1 aromatic carbocycles. The molecule has 108 valence electrons. The van der Waals surface area contributed by atoms with E-state index in [1.54, 1.807) is 17.4 Å². The number of ether oxygens (including phenoxy) is 2. The third-order valence-electron chi connectivity index (χ3n) is 3.33. The van der Waals surface area contributed by atoms with Gasteiger partial charge >= 0.3 is 0 Å². The Labute approximate surface area is 122 Å². The lowest BCUT2D eigenvalue weighted by Gasteiger charge is -2.15. The van der Waals surface area contributed by atoms with Crippen LogP contribution in [0.5, 0.6) is 11.5 Å². The van der Waals surface area contributed by atoms with E-state index in [-0.39, 0.29) is 5.82 Å². The van der Waals surface area contributed by atoms with E-state index in [0.717, 1.165) is 4.88 Å². The second kappa shape index (κ2) is 5.81. The highest BCUT2D eigenvalue weighted by Crippen LogP contribution is 2.36. The molecule has 0 aliphatic heterocycles. The molecule has 0 spiro atoms. The molecule has 1 atom stereocenters. The highest BCUT2D eigenvalue weighted by molar-refractivity contribution is 7.12. The highest BCUT2D eigenvalue weighted by Gasteiger charge is 2.19. The number of aryl methyl sites for hydroxylation is 2. The largest absolute Gasteiger partial charge is 0.493 e. The SMILES string of the molecule is COc1cc(F)c(C(N)c2cc(C)c(C)s2)cc1OC. The van der Waals surface area contributed by atoms with E-state index < -0.39 is 6.04 Å². The molecular formula is C15H18FNO2S. The van der Waals surface area contributed by atoms with Gasteiger partial charge < -0.3 is 15.2 Å². The first-order valence-corrected chi connectivity index (χ1v) is 7.03. The van der Waals surface area contributed by atoms with Gasteiger partial charge in [-0.3, -0.25) is 0 Å². The van der Waals surface area contributed by atoms with Crippen molar-refractivity contribution in [2.45, 2.75) is 19.9 Å². The molecule has 0 saturated carbocycles. The van der Waals surface area contributed by atoms with Crippen molar-refractivity contribution in [3.8, 4) is 11.5 Å². The number of hydrogen-bond donors (Lipinski definition) is 1. The molecule has 0 aliphatic carbocycles. The molecule has 0 saturated heterocycles. The average Bonchev–Trinajstić information content (AvgIpc) is 2.77. The van der Waals surface area contributed by atoms with Crippen LogP contribution in [0.4, 0.5) is 4.39 Å². The van der Waals surface area contributed by atoms with Crippen LogP contribution >= 0.6 is 11.3 Å². The number of rotatable bonds is 4. The molecule has 2 rings (SSSR count). The highest BCUT2D eigenvalue weighted by atomic mass is 32.1. The van der Waals surface area contributed by atoms with Gasteiger partial charge in [-0.25, -0.2) is 4.39 Å².